The van der Waals surface area contributed by atoms with Crippen LogP contribution >= 0.6 is 0 Å². The molecule has 92 valence electrons. The van der Waals surface area contributed by atoms with Crippen LogP contribution in [0.15, 0.2) is 41.0 Å². The Balaban J connectivity index is 0.00000128. The first kappa shape index (κ1) is 16.7. The monoisotopic (exact) mass is 314 g/mol. The average Bonchev–Trinajstić information content (AvgIpc) is 2.67. The largest absolute Gasteiger partial charge is 1.00 e. The summed E-state index contributed by atoms with van der Waals surface area (Å²) in [6.45, 7) is 9.20. The van der Waals surface area contributed by atoms with Gasteiger partial charge in [0.15, 0.2) is 0 Å². The molecule has 17 heavy (non-hydrogen) atoms. The van der Waals surface area contributed by atoms with Crippen LogP contribution in [0.25, 0.3) is 0 Å². The van der Waals surface area contributed by atoms with Crippen LogP contribution < -0.4 is 9.41 Å². The molecule has 0 radical (unpaired) electrons. The summed E-state index contributed by atoms with van der Waals surface area (Å²) in [7, 11) is 0. The maximum absolute atomic E-state index is 2.40. The van der Waals surface area contributed by atoms with Crippen LogP contribution in [-0.2, 0) is 23.2 Å². The quantitative estimate of drug-likeness (QED) is 0.571. The Morgan fingerprint density at radius 3 is 1.35 bits per heavy atom. The van der Waals surface area contributed by atoms with E-state index in [9.17, 15) is 0 Å². The summed E-state index contributed by atoms with van der Waals surface area (Å²) in [6, 6.07) is 0. The van der Waals surface area contributed by atoms with Gasteiger partial charge in [0, 0.05) is 0 Å². The van der Waals surface area contributed by atoms with Crippen LogP contribution in [0.1, 0.15) is 40.5 Å². The summed E-state index contributed by atoms with van der Waals surface area (Å²) in [5.74, 6) is 0. The molecule has 0 unspecified atom stereocenters. The minimum absolute atomic E-state index is 0. The fraction of sp³-hybridized carbons (Fsp3) is 0.429. The standard InChI is InChI=1S/2C7H9.2FH.Zr/c2*1-6-3-4-7(2)5-6;;;/h2*3H,4H2,1-2H3;2*1H;/q;;;;+2/p-2. The number of allylic oxidation sites excluding steroid dienone is 8. The van der Waals surface area contributed by atoms with Crippen molar-refractivity contribution in [1.82, 2.24) is 0 Å². The molecule has 0 saturated carbocycles. The molecule has 3 heteroatoms. The molecule has 0 nitrogen and oxygen atoms in total. The SMILES string of the molecule is CC1=CCC(C)=[C]1[Zr+2][C]1=C(C)CC=C1C.[F-].[F-]. The fourth-order valence-corrected chi connectivity index (χ4v) is 5.87. The zero-order chi connectivity index (χ0) is 11.0. The Kier molecular flexibility index (Phi) is 6.47. The minimum atomic E-state index is -0.507. The molecule has 0 N–H and O–H groups in total. The first-order valence-corrected chi connectivity index (χ1v) is 8.06. The van der Waals surface area contributed by atoms with Crippen molar-refractivity contribution < 1.29 is 32.6 Å². The van der Waals surface area contributed by atoms with Crippen LogP contribution in [0, 0.1) is 0 Å². The second kappa shape index (κ2) is 6.59. The van der Waals surface area contributed by atoms with Crippen molar-refractivity contribution >= 4 is 0 Å². The first-order chi connectivity index (χ1) is 7.09. The topological polar surface area (TPSA) is 0 Å². The van der Waals surface area contributed by atoms with Crippen molar-refractivity contribution in [3.05, 3.63) is 41.0 Å². The van der Waals surface area contributed by atoms with Crippen LogP contribution in [0.2, 0.25) is 0 Å². The van der Waals surface area contributed by atoms with Crippen molar-refractivity contribution in [2.75, 3.05) is 0 Å². The van der Waals surface area contributed by atoms with E-state index in [1.807, 2.05) is 0 Å². The molecule has 0 bridgehead atoms. The molecular weight excluding hydrogens is 297 g/mol. The number of halogens is 2. The van der Waals surface area contributed by atoms with Crippen molar-refractivity contribution in [3.8, 4) is 0 Å². The Hall–Kier alpha value is -0.297. The third-order valence-corrected chi connectivity index (χ3v) is 8.59. The van der Waals surface area contributed by atoms with Gasteiger partial charge in [0.1, 0.15) is 0 Å². The summed E-state index contributed by atoms with van der Waals surface area (Å²) in [4.78, 5) is 0. The van der Waals surface area contributed by atoms with Gasteiger partial charge < -0.3 is 9.41 Å². The molecule has 0 aliphatic heterocycles. The van der Waals surface area contributed by atoms with E-state index >= 15 is 0 Å². The molecule has 2 aliphatic rings. The van der Waals surface area contributed by atoms with Crippen LogP contribution in [0.5, 0.6) is 0 Å². The van der Waals surface area contributed by atoms with Gasteiger partial charge in [0.25, 0.3) is 0 Å². The molecule has 0 aromatic heterocycles. The van der Waals surface area contributed by atoms with Crippen molar-refractivity contribution in [2.24, 2.45) is 0 Å². The third kappa shape index (κ3) is 3.34. The summed E-state index contributed by atoms with van der Waals surface area (Å²) < 4.78 is 3.50. The van der Waals surface area contributed by atoms with E-state index in [1.165, 1.54) is 12.8 Å². The molecular formula is C14H18F2Zr. The predicted molar refractivity (Wildman–Crippen MR) is 62.1 cm³/mol. The zero-order valence-corrected chi connectivity index (χ0v) is 13.3. The Morgan fingerprint density at radius 2 is 1.12 bits per heavy atom. The number of hydrogen-bond acceptors (Lipinski definition) is 0. The Labute approximate surface area is 114 Å². The van der Waals surface area contributed by atoms with E-state index in [0.717, 1.165) is 0 Å². The van der Waals surface area contributed by atoms with Gasteiger partial charge in [-0.25, -0.2) is 0 Å². The Morgan fingerprint density at radius 1 is 0.765 bits per heavy atom. The van der Waals surface area contributed by atoms with Crippen LogP contribution in [0.4, 0.5) is 0 Å². The van der Waals surface area contributed by atoms with Crippen molar-refractivity contribution in [3.63, 3.8) is 0 Å². The molecule has 0 aromatic rings. The maximum Gasteiger partial charge on any atom is -1.00 e. The zero-order valence-electron chi connectivity index (χ0n) is 10.8. The summed E-state index contributed by atoms with van der Waals surface area (Å²) in [5, 5.41) is 0. The van der Waals surface area contributed by atoms with Gasteiger partial charge in [-0.15, -0.1) is 0 Å². The average molecular weight is 316 g/mol. The van der Waals surface area contributed by atoms with Gasteiger partial charge in [-0.2, -0.15) is 0 Å². The van der Waals surface area contributed by atoms with E-state index in [1.54, 1.807) is 28.9 Å². The van der Waals surface area contributed by atoms with Gasteiger partial charge in [-0.1, -0.05) is 0 Å². The first-order valence-electron chi connectivity index (χ1n) is 5.60. The molecule has 2 aliphatic carbocycles. The maximum atomic E-state index is 2.40. The van der Waals surface area contributed by atoms with Gasteiger partial charge in [-0.3, -0.25) is 0 Å². The van der Waals surface area contributed by atoms with Gasteiger partial charge >= 0.3 is 105 Å². The van der Waals surface area contributed by atoms with Crippen LogP contribution in [-0.4, -0.2) is 0 Å². The molecule has 0 fully saturated rings. The predicted octanol–water partition coefficient (Wildman–Crippen LogP) is -1.68. The van der Waals surface area contributed by atoms with E-state index < -0.39 is 23.2 Å². The second-order valence-corrected chi connectivity index (χ2v) is 7.69. The summed E-state index contributed by atoms with van der Waals surface area (Å²) in [5.41, 5.74) is 6.41. The number of hydrogen-bond donors (Lipinski definition) is 0. The van der Waals surface area contributed by atoms with Crippen molar-refractivity contribution in [2.45, 2.75) is 40.5 Å². The molecule has 2 rings (SSSR count). The molecule has 0 aromatic carbocycles. The van der Waals surface area contributed by atoms with E-state index in [4.69, 9.17) is 0 Å². The summed E-state index contributed by atoms with van der Waals surface area (Å²) >= 11 is -0.507. The molecule has 0 heterocycles. The molecule has 0 spiro atoms. The van der Waals surface area contributed by atoms with Gasteiger partial charge in [0.2, 0.25) is 0 Å². The van der Waals surface area contributed by atoms with Gasteiger partial charge in [-0.05, 0) is 0 Å². The van der Waals surface area contributed by atoms with E-state index in [-0.39, 0.29) is 9.41 Å². The van der Waals surface area contributed by atoms with Gasteiger partial charge in [0.05, 0.1) is 0 Å². The van der Waals surface area contributed by atoms with Crippen LogP contribution in [0.3, 0.4) is 0 Å². The third-order valence-electron chi connectivity index (χ3n) is 3.32. The molecule has 0 atom stereocenters. The number of rotatable bonds is 2. The smallest absolute Gasteiger partial charge is 1.00 e. The van der Waals surface area contributed by atoms with E-state index in [2.05, 4.69) is 39.8 Å². The minimum Gasteiger partial charge on any atom is -1.00 e. The summed E-state index contributed by atoms with van der Waals surface area (Å²) in [6.07, 6.45) is 7.21. The van der Waals surface area contributed by atoms with Crippen molar-refractivity contribution in [1.29, 1.82) is 0 Å². The molecule has 0 saturated heterocycles. The Bertz CT molecular complexity index is 386. The molecule has 0 amide bonds. The van der Waals surface area contributed by atoms with E-state index in [0.29, 0.717) is 0 Å². The fourth-order valence-electron chi connectivity index (χ4n) is 2.23. The normalized spacial score (nSPS) is 18.4. The second-order valence-electron chi connectivity index (χ2n) is 4.62.